The van der Waals surface area contributed by atoms with E-state index in [2.05, 4.69) is 0 Å². The normalized spacial score (nSPS) is 15.8. The van der Waals surface area contributed by atoms with Crippen molar-refractivity contribution in [1.82, 2.24) is 9.80 Å². The second-order valence-corrected chi connectivity index (χ2v) is 5.22. The zero-order valence-electron chi connectivity index (χ0n) is 11.6. The Bertz CT molecular complexity index is 494. The van der Waals surface area contributed by atoms with Gasteiger partial charge in [-0.15, -0.1) is 0 Å². The van der Waals surface area contributed by atoms with E-state index in [1.807, 2.05) is 18.0 Å². The number of carbonyl (C=O) groups excluding carboxylic acids is 2. The summed E-state index contributed by atoms with van der Waals surface area (Å²) in [6, 6.07) is 6.38. The van der Waals surface area contributed by atoms with Crippen LogP contribution >= 0.6 is 0 Å². The van der Waals surface area contributed by atoms with E-state index < -0.39 is 0 Å². The van der Waals surface area contributed by atoms with Crippen molar-refractivity contribution in [1.29, 1.82) is 0 Å². The maximum absolute atomic E-state index is 13.1. The standard InChI is InChI=1S/C15H19FN2O2/c1-17(10-12-3-2-4-13(16)9-12)11-15(20)18-7-5-14(19)6-8-18/h2-4,9H,5-8,10-11H2,1H3. The molecule has 0 atom stereocenters. The Hall–Kier alpha value is -1.75. The molecule has 4 nitrogen and oxygen atoms in total. The van der Waals surface area contributed by atoms with Crippen molar-refractivity contribution < 1.29 is 14.0 Å². The van der Waals surface area contributed by atoms with Gasteiger partial charge in [0.25, 0.3) is 0 Å². The summed E-state index contributed by atoms with van der Waals surface area (Å²) in [7, 11) is 1.83. The molecule has 0 spiro atoms. The number of benzene rings is 1. The second-order valence-electron chi connectivity index (χ2n) is 5.22. The van der Waals surface area contributed by atoms with Gasteiger partial charge in [-0.2, -0.15) is 0 Å². The predicted molar refractivity (Wildman–Crippen MR) is 73.6 cm³/mol. The molecule has 0 aliphatic carbocycles. The molecule has 1 amide bonds. The van der Waals surface area contributed by atoms with E-state index in [4.69, 9.17) is 0 Å². The number of likely N-dealkylation sites (tertiary alicyclic amines) is 1. The highest BCUT2D eigenvalue weighted by molar-refractivity contribution is 5.84. The predicted octanol–water partition coefficient (Wildman–Crippen LogP) is 1.45. The molecular weight excluding hydrogens is 259 g/mol. The molecule has 20 heavy (non-hydrogen) atoms. The van der Waals surface area contributed by atoms with Crippen molar-refractivity contribution in [3.8, 4) is 0 Å². The minimum Gasteiger partial charge on any atom is -0.341 e. The summed E-state index contributed by atoms with van der Waals surface area (Å²) in [6.07, 6.45) is 0.915. The molecule has 1 heterocycles. The number of piperidine rings is 1. The van der Waals surface area contributed by atoms with E-state index in [0.717, 1.165) is 5.56 Å². The fraction of sp³-hybridized carbons (Fsp3) is 0.467. The van der Waals surface area contributed by atoms with Gasteiger partial charge in [0, 0.05) is 32.5 Å². The van der Waals surface area contributed by atoms with Crippen LogP contribution in [0.1, 0.15) is 18.4 Å². The van der Waals surface area contributed by atoms with Crippen molar-refractivity contribution in [2.24, 2.45) is 0 Å². The summed E-state index contributed by atoms with van der Waals surface area (Å²) in [5.74, 6) is -0.0182. The van der Waals surface area contributed by atoms with Crippen molar-refractivity contribution in [3.05, 3.63) is 35.6 Å². The van der Waals surface area contributed by atoms with Gasteiger partial charge >= 0.3 is 0 Å². The summed E-state index contributed by atoms with van der Waals surface area (Å²) in [6.45, 7) is 1.85. The van der Waals surface area contributed by atoms with Crippen LogP contribution in [0.4, 0.5) is 4.39 Å². The smallest absolute Gasteiger partial charge is 0.236 e. The minimum atomic E-state index is -0.267. The van der Waals surface area contributed by atoms with Crippen LogP contribution in [-0.2, 0) is 16.1 Å². The number of halogens is 1. The van der Waals surface area contributed by atoms with Gasteiger partial charge in [0.1, 0.15) is 11.6 Å². The topological polar surface area (TPSA) is 40.6 Å². The van der Waals surface area contributed by atoms with Crippen LogP contribution < -0.4 is 0 Å². The fourth-order valence-corrected chi connectivity index (χ4v) is 2.34. The Morgan fingerprint density at radius 2 is 2.05 bits per heavy atom. The van der Waals surface area contributed by atoms with E-state index in [1.165, 1.54) is 12.1 Å². The molecule has 1 aromatic carbocycles. The summed E-state index contributed by atoms with van der Waals surface area (Å²) < 4.78 is 13.1. The molecule has 1 saturated heterocycles. The molecular formula is C15H19FN2O2. The third-order valence-corrected chi connectivity index (χ3v) is 3.42. The van der Waals surface area contributed by atoms with Crippen LogP contribution in [0.25, 0.3) is 0 Å². The summed E-state index contributed by atoms with van der Waals surface area (Å²) in [4.78, 5) is 26.8. The maximum Gasteiger partial charge on any atom is 0.236 e. The molecule has 1 aliphatic rings. The Kier molecular flexibility index (Phi) is 4.84. The Morgan fingerprint density at radius 1 is 1.35 bits per heavy atom. The highest BCUT2D eigenvalue weighted by Gasteiger charge is 2.21. The third-order valence-electron chi connectivity index (χ3n) is 3.42. The van der Waals surface area contributed by atoms with E-state index in [1.54, 1.807) is 11.0 Å². The molecule has 1 aromatic rings. The average molecular weight is 278 g/mol. The van der Waals surface area contributed by atoms with Crippen molar-refractivity contribution >= 4 is 11.7 Å². The van der Waals surface area contributed by atoms with E-state index in [0.29, 0.717) is 32.5 Å². The first kappa shape index (κ1) is 14.7. The van der Waals surface area contributed by atoms with Gasteiger partial charge in [-0.25, -0.2) is 4.39 Å². The monoisotopic (exact) mass is 278 g/mol. The number of carbonyl (C=O) groups is 2. The number of rotatable bonds is 4. The van der Waals surface area contributed by atoms with Gasteiger partial charge in [0.2, 0.25) is 5.91 Å². The first-order chi connectivity index (χ1) is 9.54. The summed E-state index contributed by atoms with van der Waals surface area (Å²) in [5, 5.41) is 0. The second kappa shape index (κ2) is 6.61. The van der Waals surface area contributed by atoms with Crippen molar-refractivity contribution in [2.45, 2.75) is 19.4 Å². The Labute approximate surface area is 118 Å². The lowest BCUT2D eigenvalue weighted by Gasteiger charge is -2.28. The van der Waals surface area contributed by atoms with Crippen LogP contribution in [0, 0.1) is 5.82 Å². The summed E-state index contributed by atoms with van der Waals surface area (Å²) >= 11 is 0. The molecule has 0 aromatic heterocycles. The highest BCUT2D eigenvalue weighted by atomic mass is 19.1. The lowest BCUT2D eigenvalue weighted by molar-refractivity contribution is -0.135. The number of ketones is 1. The largest absolute Gasteiger partial charge is 0.341 e. The Balaban J connectivity index is 1.83. The molecule has 1 aliphatic heterocycles. The fourth-order valence-electron chi connectivity index (χ4n) is 2.34. The van der Waals surface area contributed by atoms with Crippen LogP contribution in [0.3, 0.4) is 0 Å². The molecule has 0 bridgehead atoms. The van der Waals surface area contributed by atoms with E-state index >= 15 is 0 Å². The first-order valence-electron chi connectivity index (χ1n) is 6.77. The minimum absolute atomic E-state index is 0.0244. The van der Waals surface area contributed by atoms with Crippen molar-refractivity contribution in [3.63, 3.8) is 0 Å². The van der Waals surface area contributed by atoms with Crippen LogP contribution in [-0.4, -0.2) is 48.2 Å². The van der Waals surface area contributed by atoms with Gasteiger partial charge in [0.15, 0.2) is 0 Å². The quantitative estimate of drug-likeness (QED) is 0.837. The zero-order chi connectivity index (χ0) is 14.5. The van der Waals surface area contributed by atoms with Crippen molar-refractivity contribution in [2.75, 3.05) is 26.7 Å². The van der Waals surface area contributed by atoms with E-state index in [9.17, 15) is 14.0 Å². The maximum atomic E-state index is 13.1. The molecule has 1 fully saturated rings. The third kappa shape index (κ3) is 4.13. The number of amides is 1. The number of likely N-dealkylation sites (N-methyl/N-ethyl adjacent to an activating group) is 1. The SMILES string of the molecule is CN(CC(=O)N1CCC(=O)CC1)Cc1cccc(F)c1. The van der Waals surface area contributed by atoms with Crippen LogP contribution in [0.15, 0.2) is 24.3 Å². The lowest BCUT2D eigenvalue weighted by Crippen LogP contribution is -2.43. The van der Waals surface area contributed by atoms with Gasteiger partial charge in [0.05, 0.1) is 6.54 Å². The average Bonchev–Trinajstić information content (AvgIpc) is 2.39. The van der Waals surface area contributed by atoms with Gasteiger partial charge in [-0.3, -0.25) is 14.5 Å². The van der Waals surface area contributed by atoms with Crippen LogP contribution in [0.5, 0.6) is 0 Å². The Morgan fingerprint density at radius 3 is 2.70 bits per heavy atom. The number of hydrogen-bond donors (Lipinski definition) is 0. The van der Waals surface area contributed by atoms with Gasteiger partial charge in [-0.05, 0) is 24.7 Å². The van der Waals surface area contributed by atoms with Crippen LogP contribution in [0.2, 0.25) is 0 Å². The zero-order valence-corrected chi connectivity index (χ0v) is 11.6. The molecule has 0 N–H and O–H groups in total. The van der Waals surface area contributed by atoms with Gasteiger partial charge < -0.3 is 4.90 Å². The molecule has 2 rings (SSSR count). The van der Waals surface area contributed by atoms with E-state index in [-0.39, 0.29) is 24.1 Å². The molecule has 0 unspecified atom stereocenters. The molecule has 0 radical (unpaired) electrons. The van der Waals surface area contributed by atoms with Gasteiger partial charge in [-0.1, -0.05) is 12.1 Å². The summed E-state index contributed by atoms with van der Waals surface area (Å²) in [5.41, 5.74) is 0.842. The molecule has 108 valence electrons. The number of nitrogens with zero attached hydrogens (tertiary/aromatic N) is 2. The number of Topliss-reactive ketones (excluding diaryl/α,β-unsaturated/α-hetero) is 1. The highest BCUT2D eigenvalue weighted by Crippen LogP contribution is 2.09. The molecule has 5 heteroatoms. The lowest BCUT2D eigenvalue weighted by atomic mass is 10.1. The molecule has 0 saturated carbocycles. The number of hydrogen-bond acceptors (Lipinski definition) is 3. The first-order valence-corrected chi connectivity index (χ1v) is 6.77.